The monoisotopic (exact) mass is 271 g/mol. The zero-order valence-electron chi connectivity index (χ0n) is 9.67. The van der Waals surface area contributed by atoms with Crippen LogP contribution >= 0.6 is 23.1 Å². The molecule has 3 nitrogen and oxygen atoms in total. The molecule has 1 atom stereocenters. The van der Waals surface area contributed by atoms with E-state index in [0.717, 1.165) is 25.1 Å². The third-order valence-electron chi connectivity index (χ3n) is 2.80. The van der Waals surface area contributed by atoms with E-state index in [4.69, 9.17) is 0 Å². The summed E-state index contributed by atoms with van der Waals surface area (Å²) >= 11 is 3.38. The number of nitrogens with zero attached hydrogens (tertiary/aromatic N) is 1. The number of carbonyl (C=O) groups excluding carboxylic acids is 1. The fraction of sp³-hybridized carbons (Fsp3) is 0.583. The van der Waals surface area contributed by atoms with Crippen molar-refractivity contribution in [3.63, 3.8) is 0 Å². The number of aliphatic hydroxyl groups excluding tert-OH is 1. The van der Waals surface area contributed by atoms with Crippen LogP contribution in [-0.2, 0) is 10.5 Å². The summed E-state index contributed by atoms with van der Waals surface area (Å²) in [4.78, 5) is 15.0. The minimum absolute atomic E-state index is 0.158. The van der Waals surface area contributed by atoms with E-state index in [9.17, 15) is 9.90 Å². The van der Waals surface area contributed by atoms with Gasteiger partial charge in [0.05, 0.1) is 11.9 Å². The van der Waals surface area contributed by atoms with E-state index in [1.807, 2.05) is 6.07 Å². The first kappa shape index (κ1) is 12.9. The van der Waals surface area contributed by atoms with E-state index in [2.05, 4.69) is 11.4 Å². The van der Waals surface area contributed by atoms with Crippen molar-refractivity contribution in [1.82, 2.24) is 4.90 Å². The molecule has 0 aromatic carbocycles. The van der Waals surface area contributed by atoms with Gasteiger partial charge in [-0.25, -0.2) is 0 Å². The average molecular weight is 271 g/mol. The third-order valence-corrected chi connectivity index (χ3v) is 4.82. The Hall–Kier alpha value is -0.520. The number of thioether (sulfide) groups is 1. The van der Waals surface area contributed by atoms with E-state index in [-0.39, 0.29) is 12.0 Å². The molecule has 1 aliphatic heterocycles. The van der Waals surface area contributed by atoms with Crippen LogP contribution in [0.5, 0.6) is 0 Å². The van der Waals surface area contributed by atoms with Gasteiger partial charge < -0.3 is 10.0 Å². The molecular formula is C12H17NO2S2. The molecule has 1 N–H and O–H groups in total. The van der Waals surface area contributed by atoms with Crippen molar-refractivity contribution in [2.45, 2.75) is 24.7 Å². The molecule has 0 radical (unpaired) electrons. The van der Waals surface area contributed by atoms with Gasteiger partial charge in [-0.2, -0.15) is 0 Å². The van der Waals surface area contributed by atoms with Crippen LogP contribution in [-0.4, -0.2) is 40.9 Å². The maximum Gasteiger partial charge on any atom is 0.232 e. The van der Waals surface area contributed by atoms with Gasteiger partial charge in [-0.1, -0.05) is 6.07 Å². The predicted molar refractivity (Wildman–Crippen MR) is 72.3 cm³/mol. The van der Waals surface area contributed by atoms with E-state index in [1.165, 1.54) is 4.88 Å². The van der Waals surface area contributed by atoms with Gasteiger partial charge in [0.15, 0.2) is 0 Å². The second-order valence-corrected chi connectivity index (χ2v) is 6.23. The Bertz CT molecular complexity index is 353. The number of β-amino-alcohol motifs (C(OH)–C–C–N with tert-alkyl or cyclic N) is 1. The zero-order chi connectivity index (χ0) is 12.1. The molecule has 1 amide bonds. The maximum atomic E-state index is 11.9. The fourth-order valence-corrected chi connectivity index (χ4v) is 3.67. The second-order valence-electron chi connectivity index (χ2n) is 4.21. The van der Waals surface area contributed by atoms with Crippen LogP contribution in [0.3, 0.4) is 0 Å². The molecule has 2 heterocycles. The Morgan fingerprint density at radius 1 is 1.65 bits per heavy atom. The van der Waals surface area contributed by atoms with Crippen LogP contribution in [0.15, 0.2) is 17.5 Å². The summed E-state index contributed by atoms with van der Waals surface area (Å²) in [6.45, 7) is 1.31. The van der Waals surface area contributed by atoms with E-state index in [1.54, 1.807) is 28.0 Å². The van der Waals surface area contributed by atoms with Crippen LogP contribution in [0.25, 0.3) is 0 Å². The molecule has 5 heteroatoms. The van der Waals surface area contributed by atoms with Crippen molar-refractivity contribution < 1.29 is 9.90 Å². The van der Waals surface area contributed by atoms with Crippen molar-refractivity contribution in [2.75, 3.05) is 18.8 Å². The van der Waals surface area contributed by atoms with Crippen LogP contribution in [0.2, 0.25) is 0 Å². The lowest BCUT2D eigenvalue weighted by Crippen LogP contribution is -2.43. The summed E-state index contributed by atoms with van der Waals surface area (Å²) in [5.74, 6) is 1.58. The standard InChI is InChI=1S/C12H17NO2S2/c14-10-3-1-5-13(7-10)12(15)9-16-8-11-4-2-6-17-11/h2,4,6,10,14H,1,3,5,7-9H2/t10-/m0/s1. The Balaban J connectivity index is 1.70. The van der Waals surface area contributed by atoms with Gasteiger partial charge in [0.1, 0.15) is 0 Å². The van der Waals surface area contributed by atoms with Gasteiger partial charge in [-0.3, -0.25) is 4.79 Å². The van der Waals surface area contributed by atoms with Crippen LogP contribution < -0.4 is 0 Å². The number of carbonyl (C=O) groups is 1. The summed E-state index contributed by atoms with van der Waals surface area (Å²) in [6.07, 6.45) is 1.42. The number of hydrogen-bond donors (Lipinski definition) is 1. The first-order chi connectivity index (χ1) is 8.25. The minimum atomic E-state index is -0.324. The van der Waals surface area contributed by atoms with Crippen molar-refractivity contribution in [2.24, 2.45) is 0 Å². The van der Waals surface area contributed by atoms with Crippen molar-refractivity contribution in [3.8, 4) is 0 Å². The molecule has 1 aromatic heterocycles. The molecule has 0 saturated carbocycles. The second kappa shape index (κ2) is 6.42. The molecule has 1 fully saturated rings. The summed E-state index contributed by atoms with van der Waals surface area (Å²) in [5.41, 5.74) is 0. The molecule has 1 aliphatic rings. The number of hydrogen-bond acceptors (Lipinski definition) is 4. The highest BCUT2D eigenvalue weighted by atomic mass is 32.2. The molecule has 1 saturated heterocycles. The van der Waals surface area contributed by atoms with Gasteiger partial charge in [0.25, 0.3) is 0 Å². The van der Waals surface area contributed by atoms with Crippen LogP contribution in [0.4, 0.5) is 0 Å². The SMILES string of the molecule is O=C(CSCc1cccs1)N1CCC[C@H](O)C1. The van der Waals surface area contributed by atoms with Crippen molar-refractivity contribution >= 4 is 29.0 Å². The van der Waals surface area contributed by atoms with Gasteiger partial charge in [0.2, 0.25) is 5.91 Å². The fourth-order valence-electron chi connectivity index (χ4n) is 1.91. The third kappa shape index (κ3) is 4.01. The Morgan fingerprint density at radius 2 is 2.53 bits per heavy atom. The van der Waals surface area contributed by atoms with E-state index < -0.39 is 0 Å². The quantitative estimate of drug-likeness (QED) is 0.910. The zero-order valence-corrected chi connectivity index (χ0v) is 11.3. The van der Waals surface area contributed by atoms with Gasteiger partial charge in [-0.05, 0) is 24.3 Å². The topological polar surface area (TPSA) is 40.5 Å². The number of amides is 1. The Kier molecular flexibility index (Phi) is 4.88. The maximum absolute atomic E-state index is 11.9. The first-order valence-electron chi connectivity index (χ1n) is 5.81. The van der Waals surface area contributed by atoms with Crippen molar-refractivity contribution in [1.29, 1.82) is 0 Å². The minimum Gasteiger partial charge on any atom is -0.391 e. The summed E-state index contributed by atoms with van der Waals surface area (Å²) in [6, 6.07) is 4.12. The molecule has 17 heavy (non-hydrogen) atoms. The highest BCUT2D eigenvalue weighted by Crippen LogP contribution is 2.18. The largest absolute Gasteiger partial charge is 0.391 e. The van der Waals surface area contributed by atoms with Crippen molar-refractivity contribution in [3.05, 3.63) is 22.4 Å². The average Bonchev–Trinajstić information content (AvgIpc) is 2.82. The molecular weight excluding hydrogens is 254 g/mol. The lowest BCUT2D eigenvalue weighted by atomic mass is 10.1. The molecule has 0 unspecified atom stereocenters. The smallest absolute Gasteiger partial charge is 0.232 e. The van der Waals surface area contributed by atoms with E-state index >= 15 is 0 Å². The van der Waals surface area contributed by atoms with Gasteiger partial charge in [-0.15, -0.1) is 23.1 Å². The van der Waals surface area contributed by atoms with Crippen LogP contribution in [0.1, 0.15) is 17.7 Å². The molecule has 2 rings (SSSR count). The number of rotatable bonds is 4. The molecule has 0 aliphatic carbocycles. The molecule has 1 aromatic rings. The normalized spacial score (nSPS) is 20.5. The summed E-state index contributed by atoms with van der Waals surface area (Å²) in [7, 11) is 0. The highest BCUT2D eigenvalue weighted by molar-refractivity contribution is 7.99. The molecule has 0 spiro atoms. The molecule has 0 bridgehead atoms. The lowest BCUT2D eigenvalue weighted by molar-refractivity contribution is -0.131. The summed E-state index contributed by atoms with van der Waals surface area (Å²) < 4.78 is 0. The van der Waals surface area contributed by atoms with Gasteiger partial charge >= 0.3 is 0 Å². The number of piperidine rings is 1. The predicted octanol–water partition coefficient (Wildman–Crippen LogP) is 1.96. The number of likely N-dealkylation sites (tertiary alicyclic amines) is 1. The number of thiophene rings is 1. The van der Waals surface area contributed by atoms with Crippen LogP contribution in [0, 0.1) is 0 Å². The number of aliphatic hydroxyl groups is 1. The lowest BCUT2D eigenvalue weighted by Gasteiger charge is -2.30. The van der Waals surface area contributed by atoms with Gasteiger partial charge in [0, 0.05) is 23.7 Å². The van der Waals surface area contributed by atoms with E-state index in [0.29, 0.717) is 12.3 Å². The Morgan fingerprint density at radius 3 is 3.24 bits per heavy atom. The molecule has 94 valence electrons. The highest BCUT2D eigenvalue weighted by Gasteiger charge is 2.21. The summed E-state index contributed by atoms with van der Waals surface area (Å²) in [5, 5.41) is 11.6. The first-order valence-corrected chi connectivity index (χ1v) is 7.85. The Labute approximate surface area is 110 Å².